The van der Waals surface area contributed by atoms with E-state index >= 15 is 0 Å². The van der Waals surface area contributed by atoms with Crippen LogP contribution in [0.25, 0.3) is 0 Å². The van der Waals surface area contributed by atoms with E-state index in [2.05, 4.69) is 31.3 Å². The number of rotatable bonds is 49. The van der Waals surface area contributed by atoms with Crippen LogP contribution in [-0.2, 0) is 18.4 Å². The summed E-state index contributed by atoms with van der Waals surface area (Å²) in [4.78, 5) is 25.4. The van der Waals surface area contributed by atoms with Gasteiger partial charge in [-0.15, -0.1) is 0 Å². The quantitative estimate of drug-likeness (QED) is 0.0273. The summed E-state index contributed by atoms with van der Waals surface area (Å²) in [5, 5.41) is 13.8. The Kier molecular flexibility index (Phi) is 44.4. The molecule has 3 unspecified atom stereocenters. The highest BCUT2D eigenvalue weighted by atomic mass is 31.2. The third kappa shape index (κ3) is 47.0. The van der Waals surface area contributed by atoms with Crippen molar-refractivity contribution < 1.29 is 32.9 Å². The van der Waals surface area contributed by atoms with Crippen LogP contribution in [0, 0.1) is 0 Å². The fourth-order valence-corrected chi connectivity index (χ4v) is 8.66. The summed E-state index contributed by atoms with van der Waals surface area (Å²) in [6, 6.07) is -0.899. The number of hydrogen-bond acceptors (Lipinski definition) is 6. The minimum atomic E-state index is -4.60. The average molecular weight is 897 g/mol. The Morgan fingerprint density at radius 2 is 0.903 bits per heavy atom. The van der Waals surface area contributed by atoms with Crippen LogP contribution in [0.4, 0.5) is 0 Å². The Morgan fingerprint density at radius 1 is 0.548 bits per heavy atom. The molecule has 0 radical (unpaired) electrons. The van der Waals surface area contributed by atoms with Crippen molar-refractivity contribution >= 4 is 13.7 Å². The molecule has 9 heteroatoms. The maximum atomic E-state index is 12.9. The molecule has 0 rings (SSSR count). The van der Waals surface area contributed by atoms with E-state index in [4.69, 9.17) is 9.05 Å². The maximum absolute atomic E-state index is 12.9. The van der Waals surface area contributed by atoms with E-state index < -0.39 is 20.0 Å². The lowest BCUT2D eigenvalue weighted by atomic mass is 10.0. The van der Waals surface area contributed by atoms with Gasteiger partial charge in [-0.3, -0.25) is 9.36 Å². The van der Waals surface area contributed by atoms with E-state index in [9.17, 15) is 19.4 Å². The van der Waals surface area contributed by atoms with Crippen molar-refractivity contribution in [3.8, 4) is 0 Å². The highest BCUT2D eigenvalue weighted by Gasteiger charge is 2.23. The van der Waals surface area contributed by atoms with Crippen LogP contribution < -0.4 is 10.2 Å². The number of hydrogen-bond donors (Lipinski definition) is 2. The zero-order valence-corrected chi connectivity index (χ0v) is 42.7. The Balaban J connectivity index is 4.24. The van der Waals surface area contributed by atoms with Crippen molar-refractivity contribution in [1.29, 1.82) is 0 Å². The normalized spacial score (nSPS) is 14.2. The van der Waals surface area contributed by atoms with Gasteiger partial charge < -0.3 is 28.8 Å². The van der Waals surface area contributed by atoms with Gasteiger partial charge >= 0.3 is 0 Å². The fraction of sp³-hybridized carbons (Fsp3) is 0.906. The maximum Gasteiger partial charge on any atom is 0.268 e. The molecular weight excluding hydrogens is 792 g/mol. The second-order valence-corrected chi connectivity index (χ2v) is 21.0. The summed E-state index contributed by atoms with van der Waals surface area (Å²) >= 11 is 0. The number of amides is 1. The molecule has 0 heterocycles. The predicted molar refractivity (Wildman–Crippen MR) is 265 cm³/mol. The molecule has 368 valence electrons. The zero-order chi connectivity index (χ0) is 45.7. The standard InChI is InChI=1S/C53H105N2O6P/c1-6-8-10-12-14-16-18-20-22-23-24-25-26-27-28-29-30-31-32-33-34-36-38-40-42-44-46-52(56)51(50-61-62(58,59)60-49-48-55(3,4)5)54-53(57)47-45-43-41-39-37-35-21-19-17-15-13-11-9-7-2/h36,38,44,46,51-52,56H,6-35,37,39-43,45,47-50H2,1-5H3,(H-,54,57,58,59)/b38-36+,46-44+. The average Bonchev–Trinajstić information content (AvgIpc) is 3.23. The van der Waals surface area contributed by atoms with Gasteiger partial charge in [0.05, 0.1) is 39.9 Å². The van der Waals surface area contributed by atoms with Gasteiger partial charge in [0, 0.05) is 6.42 Å². The van der Waals surface area contributed by atoms with Crippen LogP contribution in [0.2, 0.25) is 0 Å². The van der Waals surface area contributed by atoms with Gasteiger partial charge in [-0.05, 0) is 32.1 Å². The Hall–Kier alpha value is -1.02. The van der Waals surface area contributed by atoms with Gasteiger partial charge in [-0.2, -0.15) is 0 Å². The number of nitrogens with zero attached hydrogens (tertiary/aromatic N) is 1. The van der Waals surface area contributed by atoms with Crippen LogP contribution in [0.5, 0.6) is 0 Å². The van der Waals surface area contributed by atoms with Gasteiger partial charge in [-0.1, -0.05) is 244 Å². The SMILES string of the molecule is CCCCCCCCCCCCCCCCCCCCCC/C=C/CC/C=C/C(O)C(COP(=O)([O-])OCC[N+](C)(C)C)NC(=O)CCCCCCCCCCCCCCCC. The Morgan fingerprint density at radius 3 is 1.31 bits per heavy atom. The molecule has 0 aliphatic carbocycles. The number of allylic oxidation sites excluding steroid dienone is 3. The molecular formula is C53H105N2O6P. The molecule has 0 spiro atoms. The summed E-state index contributed by atoms with van der Waals surface area (Å²) in [5.41, 5.74) is 0. The van der Waals surface area contributed by atoms with Gasteiger partial charge in [0.15, 0.2) is 0 Å². The number of quaternary nitrogens is 1. The van der Waals surface area contributed by atoms with Crippen LogP contribution in [0.15, 0.2) is 24.3 Å². The molecule has 0 bridgehead atoms. The lowest BCUT2D eigenvalue weighted by Crippen LogP contribution is -2.45. The van der Waals surface area contributed by atoms with Crippen molar-refractivity contribution in [2.45, 2.75) is 270 Å². The minimum Gasteiger partial charge on any atom is -0.756 e. The second kappa shape index (κ2) is 45.1. The fourth-order valence-electron chi connectivity index (χ4n) is 7.94. The third-order valence-corrected chi connectivity index (χ3v) is 13.1. The second-order valence-electron chi connectivity index (χ2n) is 19.6. The molecule has 1 amide bonds. The number of nitrogens with one attached hydrogen (secondary N) is 1. The number of phosphoric ester groups is 1. The smallest absolute Gasteiger partial charge is 0.268 e. The summed E-state index contributed by atoms with van der Waals surface area (Å²) in [6.07, 6.45) is 55.4. The summed E-state index contributed by atoms with van der Waals surface area (Å²) in [5.74, 6) is -0.204. The van der Waals surface area contributed by atoms with E-state index in [0.29, 0.717) is 17.4 Å². The number of carbonyl (C=O) groups excluding carboxylic acids is 1. The number of phosphoric acid groups is 1. The lowest BCUT2D eigenvalue weighted by Gasteiger charge is -2.29. The molecule has 0 aliphatic rings. The number of likely N-dealkylation sites (N-methyl/N-ethyl adjacent to an activating group) is 1. The summed E-state index contributed by atoms with van der Waals surface area (Å²) in [6.45, 7) is 4.65. The first-order valence-electron chi connectivity index (χ1n) is 26.7. The minimum absolute atomic E-state index is 0.00398. The molecule has 8 nitrogen and oxygen atoms in total. The zero-order valence-electron chi connectivity index (χ0n) is 41.8. The Bertz CT molecular complexity index is 1060. The van der Waals surface area contributed by atoms with E-state index in [-0.39, 0.29) is 19.1 Å². The highest BCUT2D eigenvalue weighted by molar-refractivity contribution is 7.45. The van der Waals surface area contributed by atoms with Gasteiger partial charge in [0.2, 0.25) is 5.91 Å². The molecule has 2 N–H and O–H groups in total. The van der Waals surface area contributed by atoms with Crippen LogP contribution >= 0.6 is 7.82 Å². The summed E-state index contributed by atoms with van der Waals surface area (Å²) in [7, 11) is 1.25. The molecule has 0 aliphatic heterocycles. The van der Waals surface area contributed by atoms with Crippen molar-refractivity contribution in [3.63, 3.8) is 0 Å². The summed E-state index contributed by atoms with van der Waals surface area (Å²) < 4.78 is 23.3. The Labute approximate surface area is 385 Å². The number of aliphatic hydroxyl groups excluding tert-OH is 1. The molecule has 0 saturated heterocycles. The van der Waals surface area contributed by atoms with Crippen molar-refractivity contribution in [2.24, 2.45) is 0 Å². The van der Waals surface area contributed by atoms with E-state index in [1.807, 2.05) is 27.2 Å². The van der Waals surface area contributed by atoms with Crippen LogP contribution in [0.1, 0.15) is 258 Å². The molecule has 62 heavy (non-hydrogen) atoms. The van der Waals surface area contributed by atoms with Crippen LogP contribution in [0.3, 0.4) is 0 Å². The largest absolute Gasteiger partial charge is 0.756 e. The number of aliphatic hydroxyl groups is 1. The van der Waals surface area contributed by atoms with Crippen molar-refractivity contribution in [3.05, 3.63) is 24.3 Å². The van der Waals surface area contributed by atoms with Gasteiger partial charge in [0.25, 0.3) is 7.82 Å². The first-order chi connectivity index (χ1) is 30.0. The van der Waals surface area contributed by atoms with E-state index in [1.54, 1.807) is 6.08 Å². The monoisotopic (exact) mass is 897 g/mol. The molecule has 0 aromatic rings. The first-order valence-corrected chi connectivity index (χ1v) is 28.2. The van der Waals surface area contributed by atoms with Gasteiger partial charge in [-0.25, -0.2) is 0 Å². The highest BCUT2D eigenvalue weighted by Crippen LogP contribution is 2.38. The molecule has 3 atom stereocenters. The first kappa shape index (κ1) is 61.0. The number of carbonyl (C=O) groups is 1. The van der Waals surface area contributed by atoms with Crippen LogP contribution in [-0.4, -0.2) is 68.5 Å². The third-order valence-electron chi connectivity index (χ3n) is 12.2. The molecule has 0 aromatic carbocycles. The van der Waals surface area contributed by atoms with Crippen molar-refractivity contribution in [1.82, 2.24) is 5.32 Å². The van der Waals surface area contributed by atoms with E-state index in [1.165, 1.54) is 199 Å². The molecule has 0 aromatic heterocycles. The molecule has 0 saturated carbocycles. The number of unbranched alkanes of at least 4 members (excludes halogenated alkanes) is 34. The molecule has 0 fully saturated rings. The lowest BCUT2D eigenvalue weighted by molar-refractivity contribution is -0.870. The predicted octanol–water partition coefficient (Wildman–Crippen LogP) is 15.0. The van der Waals surface area contributed by atoms with E-state index in [0.717, 1.165) is 38.5 Å². The van der Waals surface area contributed by atoms with Crippen molar-refractivity contribution in [2.75, 3.05) is 40.9 Å². The topological polar surface area (TPSA) is 108 Å². The van der Waals surface area contributed by atoms with Gasteiger partial charge in [0.1, 0.15) is 13.2 Å².